The van der Waals surface area contributed by atoms with E-state index in [9.17, 15) is 13.2 Å². The number of hydrogen-bond donors (Lipinski definition) is 1. The van der Waals surface area contributed by atoms with Crippen LogP contribution < -0.4 is 10.5 Å². The highest BCUT2D eigenvalue weighted by Crippen LogP contribution is 2.28. The summed E-state index contributed by atoms with van der Waals surface area (Å²) in [7, 11) is 1.51. The van der Waals surface area contributed by atoms with Gasteiger partial charge in [-0.3, -0.25) is 0 Å². The van der Waals surface area contributed by atoms with Gasteiger partial charge in [-0.05, 0) is 24.1 Å². The van der Waals surface area contributed by atoms with Crippen molar-refractivity contribution in [3.05, 3.63) is 29.8 Å². The monoisotopic (exact) mass is 277 g/mol. The van der Waals surface area contributed by atoms with Crippen LogP contribution in [0.2, 0.25) is 0 Å². The maximum atomic E-state index is 12.9. The smallest absolute Gasteiger partial charge is 0.426 e. The Balaban J connectivity index is 2.87. The van der Waals surface area contributed by atoms with Crippen molar-refractivity contribution in [1.82, 2.24) is 0 Å². The summed E-state index contributed by atoms with van der Waals surface area (Å²) in [6.45, 7) is 1.90. The van der Waals surface area contributed by atoms with Gasteiger partial charge in [0.1, 0.15) is 5.75 Å². The highest BCUT2D eigenvalue weighted by Gasteiger charge is 2.45. The second-order valence-electron chi connectivity index (χ2n) is 4.23. The fraction of sp³-hybridized carbons (Fsp3) is 0.538. The molecule has 6 heteroatoms. The minimum Gasteiger partial charge on any atom is -0.479 e. The van der Waals surface area contributed by atoms with Gasteiger partial charge in [-0.25, -0.2) is 0 Å². The fourth-order valence-corrected chi connectivity index (χ4v) is 1.63. The fourth-order valence-electron chi connectivity index (χ4n) is 1.63. The van der Waals surface area contributed by atoms with E-state index < -0.39 is 18.3 Å². The minimum atomic E-state index is -4.49. The Hall–Kier alpha value is -1.27. The van der Waals surface area contributed by atoms with Crippen LogP contribution in [0.25, 0.3) is 0 Å². The van der Waals surface area contributed by atoms with Gasteiger partial charge >= 0.3 is 6.18 Å². The Morgan fingerprint density at radius 3 is 2.53 bits per heavy atom. The maximum Gasteiger partial charge on any atom is 0.426 e. The lowest BCUT2D eigenvalue weighted by atomic mass is 10.1. The van der Waals surface area contributed by atoms with Gasteiger partial charge in [0.15, 0.2) is 0 Å². The summed E-state index contributed by atoms with van der Waals surface area (Å²) in [5.74, 6) is 0.140. The first-order valence-corrected chi connectivity index (χ1v) is 5.95. The number of hydrogen-bond acceptors (Lipinski definition) is 3. The lowest BCUT2D eigenvalue weighted by Crippen LogP contribution is -2.48. The molecule has 0 amide bonds. The van der Waals surface area contributed by atoms with Gasteiger partial charge in [0.25, 0.3) is 0 Å². The largest absolute Gasteiger partial charge is 0.479 e. The molecular formula is C13H18F3NO2. The van der Waals surface area contributed by atoms with Crippen molar-refractivity contribution in [3.8, 4) is 5.75 Å². The van der Waals surface area contributed by atoms with Gasteiger partial charge in [0.2, 0.25) is 6.10 Å². The van der Waals surface area contributed by atoms with E-state index in [1.165, 1.54) is 19.2 Å². The van der Waals surface area contributed by atoms with Crippen LogP contribution in [-0.4, -0.2) is 25.4 Å². The van der Waals surface area contributed by atoms with E-state index in [0.29, 0.717) is 6.61 Å². The van der Waals surface area contributed by atoms with Crippen molar-refractivity contribution in [2.24, 2.45) is 5.73 Å². The molecule has 108 valence electrons. The van der Waals surface area contributed by atoms with Gasteiger partial charge in [-0.15, -0.1) is 0 Å². The lowest BCUT2D eigenvalue weighted by Gasteiger charge is -2.26. The third-order valence-corrected chi connectivity index (χ3v) is 2.66. The molecular weight excluding hydrogens is 259 g/mol. The molecule has 0 saturated carbocycles. The molecule has 19 heavy (non-hydrogen) atoms. The van der Waals surface area contributed by atoms with Gasteiger partial charge in [-0.1, -0.05) is 19.1 Å². The first-order valence-electron chi connectivity index (χ1n) is 5.95. The molecule has 2 atom stereocenters. The third kappa shape index (κ3) is 4.72. The predicted molar refractivity (Wildman–Crippen MR) is 65.9 cm³/mol. The molecule has 1 aromatic carbocycles. The first kappa shape index (κ1) is 15.8. The molecule has 0 aliphatic rings. The maximum absolute atomic E-state index is 12.9. The molecule has 1 aromatic rings. The van der Waals surface area contributed by atoms with Crippen LogP contribution in [0.5, 0.6) is 5.75 Å². The van der Waals surface area contributed by atoms with Crippen LogP contribution in [0.15, 0.2) is 24.3 Å². The molecule has 0 saturated heterocycles. The van der Waals surface area contributed by atoms with Crippen molar-refractivity contribution in [3.63, 3.8) is 0 Å². The van der Waals surface area contributed by atoms with Crippen molar-refractivity contribution in [1.29, 1.82) is 0 Å². The summed E-state index contributed by atoms with van der Waals surface area (Å²) in [6, 6.07) is 5.27. The number of halogens is 3. The zero-order chi connectivity index (χ0) is 14.5. The molecule has 0 fully saturated rings. The van der Waals surface area contributed by atoms with E-state index in [2.05, 4.69) is 0 Å². The summed E-state index contributed by atoms with van der Waals surface area (Å²) < 4.78 is 48.5. The van der Waals surface area contributed by atoms with Crippen LogP contribution in [0.4, 0.5) is 13.2 Å². The van der Waals surface area contributed by atoms with Crippen LogP contribution in [-0.2, 0) is 11.3 Å². The number of nitrogens with two attached hydrogens (primary N) is 1. The van der Waals surface area contributed by atoms with Crippen LogP contribution in [0, 0.1) is 0 Å². The summed E-state index contributed by atoms with van der Waals surface area (Å²) in [5.41, 5.74) is 6.22. The average molecular weight is 277 g/mol. The molecule has 0 radical (unpaired) electrons. The molecule has 0 spiro atoms. The Kier molecular flexibility index (Phi) is 5.62. The van der Waals surface area contributed by atoms with Gasteiger partial charge in [0.05, 0.1) is 12.6 Å². The third-order valence-electron chi connectivity index (χ3n) is 2.66. The second kappa shape index (κ2) is 6.77. The van der Waals surface area contributed by atoms with Gasteiger partial charge < -0.3 is 15.2 Å². The predicted octanol–water partition coefficient (Wildman–Crippen LogP) is 2.88. The Labute approximate surface area is 110 Å². The quantitative estimate of drug-likeness (QED) is 0.869. The normalized spacial score (nSPS) is 15.1. The number of rotatable bonds is 6. The second-order valence-corrected chi connectivity index (χ2v) is 4.23. The molecule has 0 aliphatic heterocycles. The minimum absolute atomic E-state index is 0.140. The van der Waals surface area contributed by atoms with E-state index >= 15 is 0 Å². The summed E-state index contributed by atoms with van der Waals surface area (Å²) in [5, 5.41) is 0. The lowest BCUT2D eigenvalue weighted by molar-refractivity contribution is -0.200. The topological polar surface area (TPSA) is 44.5 Å². The molecule has 2 unspecified atom stereocenters. The summed E-state index contributed by atoms with van der Waals surface area (Å²) >= 11 is 0. The average Bonchev–Trinajstić information content (AvgIpc) is 2.34. The zero-order valence-electron chi connectivity index (χ0n) is 10.9. The Morgan fingerprint density at radius 2 is 2.00 bits per heavy atom. The van der Waals surface area contributed by atoms with Crippen LogP contribution >= 0.6 is 0 Å². The van der Waals surface area contributed by atoms with Gasteiger partial charge in [0, 0.05) is 7.11 Å². The summed E-state index contributed by atoms with van der Waals surface area (Å²) in [6.07, 6.45) is -6.32. The standard InChI is InChI=1S/C13H18F3NO2/c1-3-11(17)12(13(14,15)16)19-10-6-4-5-9(7-10)8-18-2/h4-7,11-12H,3,8,17H2,1-2H3. The van der Waals surface area contributed by atoms with Crippen molar-refractivity contribution < 1.29 is 22.6 Å². The number of alkyl halides is 3. The van der Waals surface area contributed by atoms with E-state index in [1.807, 2.05) is 0 Å². The van der Waals surface area contributed by atoms with Gasteiger partial charge in [-0.2, -0.15) is 13.2 Å². The highest BCUT2D eigenvalue weighted by molar-refractivity contribution is 5.28. The van der Waals surface area contributed by atoms with E-state index in [0.717, 1.165) is 5.56 Å². The number of benzene rings is 1. The molecule has 0 aromatic heterocycles. The molecule has 3 nitrogen and oxygen atoms in total. The molecule has 0 heterocycles. The molecule has 2 N–H and O–H groups in total. The number of methoxy groups -OCH3 is 1. The van der Waals surface area contributed by atoms with E-state index in [4.69, 9.17) is 15.2 Å². The first-order chi connectivity index (χ1) is 8.88. The molecule has 0 aliphatic carbocycles. The highest BCUT2D eigenvalue weighted by atomic mass is 19.4. The number of ether oxygens (including phenoxy) is 2. The van der Waals surface area contributed by atoms with Crippen LogP contribution in [0.1, 0.15) is 18.9 Å². The Morgan fingerprint density at radius 1 is 1.32 bits per heavy atom. The van der Waals surface area contributed by atoms with E-state index in [-0.39, 0.29) is 12.2 Å². The van der Waals surface area contributed by atoms with Crippen LogP contribution in [0.3, 0.4) is 0 Å². The van der Waals surface area contributed by atoms with Crippen molar-refractivity contribution in [2.75, 3.05) is 7.11 Å². The zero-order valence-corrected chi connectivity index (χ0v) is 10.9. The van der Waals surface area contributed by atoms with E-state index in [1.54, 1.807) is 19.1 Å². The molecule has 0 bridgehead atoms. The van der Waals surface area contributed by atoms with Crippen molar-refractivity contribution in [2.45, 2.75) is 38.3 Å². The summed E-state index contributed by atoms with van der Waals surface area (Å²) in [4.78, 5) is 0. The van der Waals surface area contributed by atoms with Crippen molar-refractivity contribution >= 4 is 0 Å². The SMILES string of the molecule is CCC(N)C(Oc1cccc(COC)c1)C(F)(F)F. The Bertz CT molecular complexity index is 396. The molecule has 1 rings (SSSR count).